The first-order chi connectivity index (χ1) is 7.09. The Bertz CT molecular complexity index is 374. The first-order valence-corrected chi connectivity index (χ1v) is 5.37. The Balaban J connectivity index is 2.51. The standard InChI is InChI=1S/C12H17NO2/c1-7(2)12-11-8(3-4-13-12)5-9(14)6-10(11)15/h5-7,12-15H,3-4H2,1-2H3. The molecule has 2 rings (SSSR count). The molecule has 0 spiro atoms. The summed E-state index contributed by atoms with van der Waals surface area (Å²) in [5, 5.41) is 22.7. The second kappa shape index (κ2) is 3.74. The van der Waals surface area contributed by atoms with Gasteiger partial charge in [-0.05, 0) is 30.5 Å². The van der Waals surface area contributed by atoms with Crippen LogP contribution in [0.3, 0.4) is 0 Å². The van der Waals surface area contributed by atoms with Gasteiger partial charge in [-0.3, -0.25) is 0 Å². The molecule has 1 unspecified atom stereocenters. The van der Waals surface area contributed by atoms with Crippen LogP contribution in [-0.2, 0) is 6.42 Å². The molecule has 3 N–H and O–H groups in total. The van der Waals surface area contributed by atoms with Crippen molar-refractivity contribution in [2.24, 2.45) is 5.92 Å². The summed E-state index contributed by atoms with van der Waals surface area (Å²) in [5.74, 6) is 0.783. The number of benzene rings is 1. The maximum atomic E-state index is 9.86. The van der Waals surface area contributed by atoms with E-state index >= 15 is 0 Å². The Morgan fingerprint density at radius 2 is 2.07 bits per heavy atom. The van der Waals surface area contributed by atoms with Gasteiger partial charge in [0, 0.05) is 17.7 Å². The van der Waals surface area contributed by atoms with Gasteiger partial charge in [0.05, 0.1) is 0 Å². The zero-order valence-electron chi connectivity index (χ0n) is 9.12. The van der Waals surface area contributed by atoms with Crippen LogP contribution >= 0.6 is 0 Å². The predicted molar refractivity (Wildman–Crippen MR) is 59.1 cm³/mol. The summed E-state index contributed by atoms with van der Waals surface area (Å²) in [5.41, 5.74) is 2.01. The van der Waals surface area contributed by atoms with Crippen molar-refractivity contribution >= 4 is 0 Å². The summed E-state index contributed by atoms with van der Waals surface area (Å²) in [7, 11) is 0. The number of phenolic OH excluding ortho intramolecular Hbond substituents is 2. The Morgan fingerprint density at radius 1 is 1.33 bits per heavy atom. The van der Waals surface area contributed by atoms with Crippen LogP contribution in [0.2, 0.25) is 0 Å². The van der Waals surface area contributed by atoms with Crippen molar-refractivity contribution in [3.63, 3.8) is 0 Å². The average Bonchev–Trinajstić information content (AvgIpc) is 2.16. The van der Waals surface area contributed by atoms with Crippen molar-refractivity contribution in [1.29, 1.82) is 0 Å². The fourth-order valence-electron chi connectivity index (χ4n) is 2.28. The molecular formula is C12H17NO2. The largest absolute Gasteiger partial charge is 0.508 e. The molecule has 3 nitrogen and oxygen atoms in total. The van der Waals surface area contributed by atoms with Gasteiger partial charge in [0.1, 0.15) is 11.5 Å². The van der Waals surface area contributed by atoms with Crippen molar-refractivity contribution < 1.29 is 10.2 Å². The molecule has 0 fully saturated rings. The van der Waals surface area contributed by atoms with Crippen molar-refractivity contribution in [2.45, 2.75) is 26.3 Å². The molecule has 1 heterocycles. The second-order valence-electron chi connectivity index (χ2n) is 4.46. The highest BCUT2D eigenvalue weighted by Gasteiger charge is 2.25. The lowest BCUT2D eigenvalue weighted by molar-refractivity contribution is 0.367. The number of aromatic hydroxyl groups is 2. The molecule has 82 valence electrons. The van der Waals surface area contributed by atoms with Crippen molar-refractivity contribution in [2.75, 3.05) is 6.54 Å². The minimum atomic E-state index is 0.149. The number of nitrogens with one attached hydrogen (secondary N) is 1. The zero-order valence-corrected chi connectivity index (χ0v) is 9.12. The molecule has 1 aliphatic rings. The SMILES string of the molecule is CC(C)C1NCCc2cc(O)cc(O)c21. The van der Waals surface area contributed by atoms with Crippen LogP contribution < -0.4 is 5.32 Å². The van der Waals surface area contributed by atoms with Gasteiger partial charge >= 0.3 is 0 Å². The Morgan fingerprint density at radius 3 is 2.73 bits per heavy atom. The van der Waals surface area contributed by atoms with Crippen LogP contribution in [0.5, 0.6) is 11.5 Å². The molecule has 0 bridgehead atoms. The average molecular weight is 207 g/mol. The van der Waals surface area contributed by atoms with Crippen LogP contribution in [0, 0.1) is 5.92 Å². The molecule has 1 atom stereocenters. The monoisotopic (exact) mass is 207 g/mol. The fraction of sp³-hybridized carbons (Fsp3) is 0.500. The minimum absolute atomic E-state index is 0.149. The zero-order chi connectivity index (χ0) is 11.0. The maximum Gasteiger partial charge on any atom is 0.124 e. The summed E-state index contributed by atoms with van der Waals surface area (Å²) in [6.07, 6.45) is 0.862. The second-order valence-corrected chi connectivity index (χ2v) is 4.46. The van der Waals surface area contributed by atoms with Gasteiger partial charge in [0.2, 0.25) is 0 Å². The summed E-state index contributed by atoms with van der Waals surface area (Å²) in [4.78, 5) is 0. The Kier molecular flexibility index (Phi) is 2.57. The lowest BCUT2D eigenvalue weighted by Crippen LogP contribution is -2.33. The van der Waals surface area contributed by atoms with Crippen LogP contribution in [0.25, 0.3) is 0 Å². The van der Waals surface area contributed by atoms with Gasteiger partial charge in [-0.25, -0.2) is 0 Å². The summed E-state index contributed by atoms with van der Waals surface area (Å²) in [6, 6.07) is 3.36. The predicted octanol–water partition coefficient (Wildman–Crippen LogP) is 1.94. The van der Waals surface area contributed by atoms with E-state index in [9.17, 15) is 10.2 Å². The van der Waals surface area contributed by atoms with E-state index in [4.69, 9.17) is 0 Å². The van der Waals surface area contributed by atoms with E-state index < -0.39 is 0 Å². The van der Waals surface area contributed by atoms with E-state index in [0.717, 1.165) is 24.1 Å². The third-order valence-electron chi connectivity index (χ3n) is 2.96. The molecule has 3 heteroatoms. The van der Waals surface area contributed by atoms with Gasteiger partial charge in [0.25, 0.3) is 0 Å². The molecule has 1 aromatic carbocycles. The highest BCUT2D eigenvalue weighted by atomic mass is 16.3. The molecular weight excluding hydrogens is 190 g/mol. The number of hydrogen-bond donors (Lipinski definition) is 3. The van der Waals surface area contributed by atoms with Crippen LogP contribution in [-0.4, -0.2) is 16.8 Å². The minimum Gasteiger partial charge on any atom is -0.508 e. The van der Waals surface area contributed by atoms with Crippen molar-refractivity contribution in [3.05, 3.63) is 23.3 Å². The summed E-state index contributed by atoms with van der Waals surface area (Å²) >= 11 is 0. The molecule has 0 aromatic heterocycles. The fourth-order valence-corrected chi connectivity index (χ4v) is 2.28. The Hall–Kier alpha value is -1.22. The summed E-state index contributed by atoms with van der Waals surface area (Å²) < 4.78 is 0. The molecule has 0 saturated heterocycles. The van der Waals surface area contributed by atoms with Crippen LogP contribution in [0.1, 0.15) is 31.0 Å². The highest BCUT2D eigenvalue weighted by Crippen LogP contribution is 2.37. The van der Waals surface area contributed by atoms with Gasteiger partial charge in [-0.2, -0.15) is 0 Å². The smallest absolute Gasteiger partial charge is 0.124 e. The van der Waals surface area contributed by atoms with E-state index in [-0.39, 0.29) is 17.5 Å². The molecule has 0 saturated carbocycles. The molecule has 1 aliphatic heterocycles. The maximum absolute atomic E-state index is 9.86. The number of fused-ring (bicyclic) bond motifs is 1. The van der Waals surface area contributed by atoms with Crippen molar-refractivity contribution in [1.82, 2.24) is 5.32 Å². The van der Waals surface area contributed by atoms with Gasteiger partial charge in [-0.15, -0.1) is 0 Å². The third kappa shape index (κ3) is 1.79. The normalized spacial score (nSPS) is 20.3. The number of hydrogen-bond acceptors (Lipinski definition) is 3. The molecule has 15 heavy (non-hydrogen) atoms. The highest BCUT2D eigenvalue weighted by molar-refractivity contribution is 5.48. The topological polar surface area (TPSA) is 52.5 Å². The molecule has 0 radical (unpaired) electrons. The van der Waals surface area contributed by atoms with Gasteiger partial charge < -0.3 is 15.5 Å². The third-order valence-corrected chi connectivity index (χ3v) is 2.96. The van der Waals surface area contributed by atoms with Crippen molar-refractivity contribution in [3.8, 4) is 11.5 Å². The first-order valence-electron chi connectivity index (χ1n) is 5.37. The Labute approximate surface area is 89.8 Å². The molecule has 1 aromatic rings. The molecule has 0 aliphatic carbocycles. The van der Waals surface area contributed by atoms with Gasteiger partial charge in [-0.1, -0.05) is 13.8 Å². The van der Waals surface area contributed by atoms with Crippen LogP contribution in [0.4, 0.5) is 0 Å². The quantitative estimate of drug-likeness (QED) is 0.659. The van der Waals surface area contributed by atoms with Gasteiger partial charge in [0.15, 0.2) is 0 Å². The van der Waals surface area contributed by atoms with E-state index in [0.29, 0.717) is 5.92 Å². The van der Waals surface area contributed by atoms with E-state index in [2.05, 4.69) is 19.2 Å². The van der Waals surface area contributed by atoms with Crippen LogP contribution in [0.15, 0.2) is 12.1 Å². The van der Waals surface area contributed by atoms with E-state index in [1.807, 2.05) is 0 Å². The number of phenols is 2. The number of rotatable bonds is 1. The lowest BCUT2D eigenvalue weighted by Gasteiger charge is -2.30. The first kappa shape index (κ1) is 10.3. The molecule has 0 amide bonds. The lowest BCUT2D eigenvalue weighted by atomic mass is 9.87. The summed E-state index contributed by atoms with van der Waals surface area (Å²) in [6.45, 7) is 5.15. The van der Waals surface area contributed by atoms with E-state index in [1.165, 1.54) is 6.07 Å². The van der Waals surface area contributed by atoms with E-state index in [1.54, 1.807) is 6.07 Å².